The molecule has 2 aromatic rings. The maximum absolute atomic E-state index is 15.6. The maximum Gasteiger partial charge on any atom is 0.410 e. The number of hydrogen-bond donors (Lipinski definition) is 2. The zero-order valence-electron chi connectivity index (χ0n) is 24.9. The molecule has 0 atom stereocenters. The zero-order valence-corrected chi connectivity index (χ0v) is 24.9. The first kappa shape index (κ1) is 28.7. The van der Waals surface area contributed by atoms with Gasteiger partial charge in [-0.3, -0.25) is 9.59 Å². The number of piperazine rings is 1. The Morgan fingerprint density at radius 2 is 1.74 bits per heavy atom. The lowest BCUT2D eigenvalue weighted by molar-refractivity contribution is 0.0340. The molecule has 3 N–H and O–H groups in total. The fraction of sp³-hybridized carbons (Fsp3) is 0.594. The molecule has 0 unspecified atom stereocenters. The number of ketones is 1. The molecule has 1 aromatic heterocycles. The lowest BCUT2D eigenvalue weighted by atomic mass is 9.75. The molecule has 42 heavy (non-hydrogen) atoms. The molecule has 9 nitrogen and oxygen atoms in total. The van der Waals surface area contributed by atoms with Gasteiger partial charge in [-0.15, -0.1) is 0 Å². The number of nitrogens with zero attached hydrogens (tertiary/aromatic N) is 3. The van der Waals surface area contributed by atoms with Crippen LogP contribution in [0.3, 0.4) is 0 Å². The van der Waals surface area contributed by atoms with Crippen molar-refractivity contribution in [1.82, 2.24) is 14.4 Å². The number of rotatable bonds is 5. The predicted octanol–water partition coefficient (Wildman–Crippen LogP) is 4.47. The number of amides is 2. The minimum Gasteiger partial charge on any atom is -0.446 e. The van der Waals surface area contributed by atoms with E-state index in [4.69, 9.17) is 10.5 Å². The molecule has 2 amide bonds. The van der Waals surface area contributed by atoms with E-state index >= 15 is 4.39 Å². The molecule has 1 saturated carbocycles. The largest absolute Gasteiger partial charge is 0.446 e. The summed E-state index contributed by atoms with van der Waals surface area (Å²) >= 11 is 0. The number of likely N-dealkylation sites (N-methyl/N-ethyl adjacent to an activating group) is 1. The van der Waals surface area contributed by atoms with Crippen LogP contribution in [0.5, 0.6) is 0 Å². The number of nitrogens with one attached hydrogen (secondary N) is 1. The Kier molecular flexibility index (Phi) is 7.53. The van der Waals surface area contributed by atoms with E-state index in [9.17, 15) is 14.4 Å². The van der Waals surface area contributed by atoms with Gasteiger partial charge < -0.3 is 30.2 Å². The highest BCUT2D eigenvalue weighted by molar-refractivity contribution is 6.01. The molecule has 6 rings (SSSR count). The molecular weight excluding hydrogens is 537 g/mol. The Balaban J connectivity index is 1.23. The van der Waals surface area contributed by atoms with Crippen LogP contribution in [-0.4, -0.2) is 77.5 Å². The van der Waals surface area contributed by atoms with Crippen molar-refractivity contribution in [2.75, 3.05) is 38.5 Å². The monoisotopic (exact) mass is 579 g/mol. The van der Waals surface area contributed by atoms with Crippen molar-refractivity contribution in [1.29, 1.82) is 0 Å². The van der Waals surface area contributed by atoms with E-state index in [2.05, 4.69) is 28.6 Å². The Morgan fingerprint density at radius 3 is 2.43 bits per heavy atom. The molecule has 10 heteroatoms. The summed E-state index contributed by atoms with van der Waals surface area (Å²) in [5.41, 5.74) is 10.2. The average molecular weight is 580 g/mol. The van der Waals surface area contributed by atoms with Gasteiger partial charge in [0.05, 0.1) is 16.9 Å². The van der Waals surface area contributed by atoms with Gasteiger partial charge in [0.2, 0.25) is 0 Å². The lowest BCUT2D eigenvalue weighted by Crippen LogP contribution is -2.48. The van der Waals surface area contributed by atoms with Gasteiger partial charge in [-0.2, -0.15) is 0 Å². The highest BCUT2D eigenvalue weighted by Crippen LogP contribution is 2.43. The molecule has 4 aliphatic rings. The molecule has 1 aromatic carbocycles. The Labute approximate surface area is 246 Å². The summed E-state index contributed by atoms with van der Waals surface area (Å²) < 4.78 is 23.5. The van der Waals surface area contributed by atoms with Gasteiger partial charge in [0.1, 0.15) is 11.9 Å². The van der Waals surface area contributed by atoms with Gasteiger partial charge in [-0.1, -0.05) is 13.8 Å². The summed E-state index contributed by atoms with van der Waals surface area (Å²) in [6.07, 6.45) is 6.24. The number of benzene rings is 1. The molecule has 0 bridgehead atoms. The van der Waals surface area contributed by atoms with Crippen LogP contribution in [0, 0.1) is 11.2 Å². The first-order chi connectivity index (χ1) is 20.0. The fourth-order valence-corrected chi connectivity index (χ4v) is 7.38. The van der Waals surface area contributed by atoms with Crippen molar-refractivity contribution in [3.8, 4) is 5.69 Å². The van der Waals surface area contributed by atoms with Crippen molar-refractivity contribution in [3.63, 3.8) is 0 Å². The molecule has 2 fully saturated rings. The SMILES string of the molecule is CN1CCN(C(=O)OC2CCC(Nc3cc(-n4c5c(c6c4CC(C)(C)CC6=O)CCC5)cc(F)c3C(N)=O)CC2)CC1. The standard InChI is InChI=1S/C32H42FN5O4/c1-32(2)17-26-28(27(39)18-32)22-5-4-6-25(22)38(26)20-15-23(33)29(30(34)40)24(16-20)35-19-7-9-21(10-8-19)42-31(41)37-13-11-36(3)12-14-37/h15-16,19,21,35H,4-14,17-18H2,1-3H3,(H2,34,40). The summed E-state index contributed by atoms with van der Waals surface area (Å²) in [7, 11) is 2.04. The first-order valence-corrected chi connectivity index (χ1v) is 15.3. The second kappa shape index (κ2) is 11.0. The summed E-state index contributed by atoms with van der Waals surface area (Å²) in [5, 5.41) is 3.41. The summed E-state index contributed by atoms with van der Waals surface area (Å²) in [6, 6.07) is 3.17. The number of anilines is 1. The van der Waals surface area contributed by atoms with E-state index in [1.54, 1.807) is 4.90 Å². The average Bonchev–Trinajstić information content (AvgIpc) is 3.49. The molecule has 2 heterocycles. The normalized spacial score (nSPS) is 23.8. The van der Waals surface area contributed by atoms with Gasteiger partial charge in [0.15, 0.2) is 5.78 Å². The van der Waals surface area contributed by atoms with Crippen LogP contribution in [0.25, 0.3) is 5.69 Å². The van der Waals surface area contributed by atoms with Gasteiger partial charge in [-0.25, -0.2) is 9.18 Å². The zero-order chi connectivity index (χ0) is 29.8. The topological polar surface area (TPSA) is 110 Å². The number of nitrogens with two attached hydrogens (primary N) is 1. The predicted molar refractivity (Wildman–Crippen MR) is 158 cm³/mol. The highest BCUT2D eigenvalue weighted by Gasteiger charge is 2.39. The van der Waals surface area contributed by atoms with Crippen LogP contribution >= 0.6 is 0 Å². The van der Waals surface area contributed by atoms with Gasteiger partial charge >= 0.3 is 6.09 Å². The smallest absolute Gasteiger partial charge is 0.410 e. The van der Waals surface area contributed by atoms with Crippen LogP contribution in [0.4, 0.5) is 14.9 Å². The van der Waals surface area contributed by atoms with Gasteiger partial charge in [0, 0.05) is 55.6 Å². The van der Waals surface area contributed by atoms with Crippen LogP contribution < -0.4 is 11.1 Å². The molecule has 0 radical (unpaired) electrons. The minimum atomic E-state index is -0.826. The summed E-state index contributed by atoms with van der Waals surface area (Å²) in [4.78, 5) is 42.3. The van der Waals surface area contributed by atoms with E-state index < -0.39 is 11.7 Å². The van der Waals surface area contributed by atoms with Crippen LogP contribution in [0.2, 0.25) is 0 Å². The number of Topliss-reactive ketones (excluding diaryl/α,β-unsaturated/α-hetero) is 1. The van der Waals surface area contributed by atoms with Crippen LogP contribution in [0.15, 0.2) is 12.1 Å². The van der Waals surface area contributed by atoms with Crippen molar-refractivity contribution in [2.24, 2.45) is 11.1 Å². The van der Waals surface area contributed by atoms with Gasteiger partial charge in [-0.05, 0) is 81.5 Å². The van der Waals surface area contributed by atoms with Crippen molar-refractivity contribution >= 4 is 23.5 Å². The quantitative estimate of drug-likeness (QED) is 0.541. The number of aromatic nitrogens is 1. The molecule has 1 aliphatic heterocycles. The Morgan fingerprint density at radius 1 is 1.02 bits per heavy atom. The van der Waals surface area contributed by atoms with Crippen LogP contribution in [0.1, 0.15) is 90.0 Å². The summed E-state index contributed by atoms with van der Waals surface area (Å²) in [5.74, 6) is -1.34. The maximum atomic E-state index is 15.6. The molecule has 0 spiro atoms. The number of carbonyl (C=O) groups excluding carboxylic acids is 3. The van der Waals surface area contributed by atoms with Gasteiger partial charge in [0.25, 0.3) is 5.91 Å². The number of carbonyl (C=O) groups is 3. The number of fused-ring (bicyclic) bond motifs is 3. The van der Waals surface area contributed by atoms with E-state index in [1.165, 1.54) is 6.07 Å². The number of primary amides is 1. The molecule has 226 valence electrons. The van der Waals surface area contributed by atoms with Crippen molar-refractivity contribution in [2.45, 2.75) is 83.8 Å². The van der Waals surface area contributed by atoms with Crippen molar-refractivity contribution in [3.05, 3.63) is 46.0 Å². The lowest BCUT2D eigenvalue weighted by Gasteiger charge is -2.34. The van der Waals surface area contributed by atoms with E-state index in [0.29, 0.717) is 56.6 Å². The van der Waals surface area contributed by atoms with E-state index in [0.717, 1.165) is 61.3 Å². The van der Waals surface area contributed by atoms with E-state index in [-0.39, 0.29) is 35.0 Å². The fourth-order valence-electron chi connectivity index (χ4n) is 7.38. The summed E-state index contributed by atoms with van der Waals surface area (Å²) in [6.45, 7) is 7.21. The second-order valence-corrected chi connectivity index (χ2v) is 13.4. The third kappa shape index (κ3) is 5.41. The second-order valence-electron chi connectivity index (χ2n) is 13.4. The number of halogens is 1. The van der Waals surface area contributed by atoms with Crippen molar-refractivity contribution < 1.29 is 23.5 Å². The molecular formula is C32H42FN5O4. The molecule has 1 saturated heterocycles. The third-order valence-electron chi connectivity index (χ3n) is 9.53. The van der Waals surface area contributed by atoms with Crippen LogP contribution in [-0.2, 0) is 24.0 Å². The van der Waals surface area contributed by atoms with E-state index in [1.807, 2.05) is 13.1 Å². The third-order valence-corrected chi connectivity index (χ3v) is 9.53. The number of ether oxygens (including phenoxy) is 1. The first-order valence-electron chi connectivity index (χ1n) is 15.3. The Bertz CT molecular complexity index is 1420. The highest BCUT2D eigenvalue weighted by atomic mass is 19.1. The number of hydrogen-bond acceptors (Lipinski definition) is 6. The molecule has 3 aliphatic carbocycles. The Hall–Kier alpha value is -3.40. The minimum absolute atomic E-state index is 0.0267.